The monoisotopic (exact) mass is 439 g/mol. The lowest BCUT2D eigenvalue weighted by Crippen LogP contribution is -2.49. The van der Waals surface area contributed by atoms with Crippen LogP contribution in [0.15, 0.2) is 54.1 Å². The third-order valence-corrected chi connectivity index (χ3v) is 5.44. The zero-order valence-corrected chi connectivity index (χ0v) is 19.0. The Hall–Kier alpha value is -2.87. The first-order valence-electron chi connectivity index (χ1n) is 11.0. The second kappa shape index (κ2) is 11.1. The Balaban J connectivity index is 1.86. The number of carbonyl (C=O) groups excluding carboxylic acids is 1. The van der Waals surface area contributed by atoms with Gasteiger partial charge in [0.2, 0.25) is 5.91 Å². The summed E-state index contributed by atoms with van der Waals surface area (Å²) in [5.41, 5.74) is 8.12. The third-order valence-electron chi connectivity index (χ3n) is 5.44. The van der Waals surface area contributed by atoms with E-state index in [1.54, 1.807) is 0 Å². The summed E-state index contributed by atoms with van der Waals surface area (Å²) >= 11 is 0. The van der Waals surface area contributed by atoms with Crippen molar-refractivity contribution in [3.05, 3.63) is 59.7 Å². The summed E-state index contributed by atoms with van der Waals surface area (Å²) in [6, 6.07) is 14.9. The average Bonchev–Trinajstić information content (AvgIpc) is 2.76. The molecular weight excluding hydrogens is 406 g/mol. The first-order valence-corrected chi connectivity index (χ1v) is 11.0. The van der Waals surface area contributed by atoms with Crippen molar-refractivity contribution in [1.29, 1.82) is 0 Å². The number of nitrogens with one attached hydrogen (secondary N) is 1. The Morgan fingerprint density at radius 1 is 1.19 bits per heavy atom. The van der Waals surface area contributed by atoms with Gasteiger partial charge >= 0.3 is 0 Å². The van der Waals surface area contributed by atoms with Crippen LogP contribution in [0.4, 0.5) is 5.69 Å². The smallest absolute Gasteiger partial charge is 0.234 e. The van der Waals surface area contributed by atoms with Crippen LogP contribution in [0.25, 0.3) is 6.08 Å². The van der Waals surface area contributed by atoms with Gasteiger partial charge in [0.15, 0.2) is 6.23 Å². The molecule has 2 aromatic rings. The Morgan fingerprint density at radius 2 is 1.94 bits per heavy atom. The molecule has 0 fully saturated rings. The number of aliphatic hydroxyl groups excluding tert-OH is 1. The van der Waals surface area contributed by atoms with Crippen molar-refractivity contribution in [2.45, 2.75) is 33.0 Å². The zero-order chi connectivity index (χ0) is 23.1. The van der Waals surface area contributed by atoms with Crippen LogP contribution >= 0.6 is 0 Å². The van der Waals surface area contributed by atoms with Crippen molar-refractivity contribution in [3.8, 4) is 11.5 Å². The molecule has 1 amide bonds. The van der Waals surface area contributed by atoms with E-state index in [0.29, 0.717) is 32.1 Å². The van der Waals surface area contributed by atoms with Crippen LogP contribution < -0.4 is 20.7 Å². The maximum Gasteiger partial charge on any atom is 0.234 e. The number of benzene rings is 2. The summed E-state index contributed by atoms with van der Waals surface area (Å²) in [4.78, 5) is 13.7. The second-order valence-corrected chi connectivity index (χ2v) is 8.12. The van der Waals surface area contributed by atoms with E-state index in [2.05, 4.69) is 5.32 Å². The summed E-state index contributed by atoms with van der Waals surface area (Å²) in [5.74, 6) is 1.08. The Morgan fingerprint density at radius 3 is 2.59 bits per heavy atom. The van der Waals surface area contributed by atoms with E-state index in [1.807, 2.05) is 80.3 Å². The van der Waals surface area contributed by atoms with Gasteiger partial charge < -0.3 is 30.5 Å². The molecule has 3 rings (SSSR count). The van der Waals surface area contributed by atoms with Gasteiger partial charge in [0.1, 0.15) is 11.5 Å². The minimum atomic E-state index is -0.858. The van der Waals surface area contributed by atoms with Crippen molar-refractivity contribution in [2.75, 3.05) is 31.2 Å². The summed E-state index contributed by atoms with van der Waals surface area (Å²) in [5, 5.41) is 14.3. The first kappa shape index (κ1) is 23.8. The van der Waals surface area contributed by atoms with E-state index in [-0.39, 0.29) is 5.92 Å². The van der Waals surface area contributed by atoms with E-state index in [1.165, 1.54) is 0 Å². The molecule has 7 nitrogen and oxygen atoms in total. The Kier molecular flexibility index (Phi) is 8.27. The van der Waals surface area contributed by atoms with Gasteiger partial charge in [-0.1, -0.05) is 32.0 Å². The van der Waals surface area contributed by atoms with E-state index in [4.69, 9.17) is 15.2 Å². The van der Waals surface area contributed by atoms with Gasteiger partial charge in [0.05, 0.1) is 18.3 Å². The maximum atomic E-state index is 11.8. The number of hydrogen-bond acceptors (Lipinski definition) is 6. The van der Waals surface area contributed by atoms with Crippen LogP contribution in [0, 0.1) is 5.92 Å². The highest BCUT2D eigenvalue weighted by Crippen LogP contribution is 2.36. The number of ether oxygens (including phenoxy) is 2. The number of para-hydroxylation sites is 1. The number of fused-ring (bicyclic) bond motifs is 1. The number of primary amides is 1. The van der Waals surface area contributed by atoms with E-state index in [9.17, 15) is 9.90 Å². The molecule has 0 aromatic heterocycles. The molecule has 0 bridgehead atoms. The van der Waals surface area contributed by atoms with Crippen molar-refractivity contribution < 1.29 is 19.4 Å². The topological polar surface area (TPSA) is 97.0 Å². The quantitative estimate of drug-likeness (QED) is 0.466. The zero-order valence-electron chi connectivity index (χ0n) is 19.0. The molecule has 4 N–H and O–H groups in total. The summed E-state index contributed by atoms with van der Waals surface area (Å²) in [6.07, 6.45) is 1.10. The molecule has 7 heteroatoms. The van der Waals surface area contributed by atoms with Crippen molar-refractivity contribution >= 4 is 17.7 Å². The normalized spacial score (nSPS) is 16.5. The fraction of sp³-hybridized carbons (Fsp3) is 0.400. The van der Waals surface area contributed by atoms with Crippen LogP contribution in [-0.2, 0) is 9.53 Å². The SMILES string of the molecule is CCOCCN1c2cc(Oc3ccccc3)ccc2C=C(CN[C@H](C(N)=O)C(C)C)C1O. The Bertz CT molecular complexity index is 930. The molecule has 32 heavy (non-hydrogen) atoms. The largest absolute Gasteiger partial charge is 0.457 e. The van der Waals surface area contributed by atoms with Gasteiger partial charge in [0, 0.05) is 25.8 Å². The fourth-order valence-electron chi connectivity index (χ4n) is 3.77. The van der Waals surface area contributed by atoms with Gasteiger partial charge in [-0.05, 0) is 54.3 Å². The number of amides is 1. The number of nitrogens with zero attached hydrogens (tertiary/aromatic N) is 1. The molecule has 1 aliphatic rings. The second-order valence-electron chi connectivity index (χ2n) is 8.12. The molecule has 0 saturated carbocycles. The van der Waals surface area contributed by atoms with Crippen LogP contribution in [-0.4, -0.2) is 49.6 Å². The van der Waals surface area contributed by atoms with Gasteiger partial charge in [-0.25, -0.2) is 0 Å². The van der Waals surface area contributed by atoms with Gasteiger partial charge in [-0.15, -0.1) is 0 Å². The lowest BCUT2D eigenvalue weighted by molar-refractivity contribution is -0.120. The fourth-order valence-corrected chi connectivity index (χ4v) is 3.77. The molecule has 0 radical (unpaired) electrons. The standard InChI is InChI=1S/C25H33N3O4/c1-4-31-13-12-28-22-15-21(32-20-8-6-5-7-9-20)11-10-18(22)14-19(25(28)30)16-27-23(17(2)3)24(26)29/h5-11,14-15,17,23,25,27,30H,4,12-13,16H2,1-3H3,(H2,26,29)/t23-,25?/m0/s1. The predicted octanol–water partition coefficient (Wildman–Crippen LogP) is 3.14. The molecule has 1 heterocycles. The molecule has 2 atom stereocenters. The molecule has 1 unspecified atom stereocenters. The van der Waals surface area contributed by atoms with Crippen molar-refractivity contribution in [1.82, 2.24) is 5.32 Å². The van der Waals surface area contributed by atoms with Crippen LogP contribution in [0.3, 0.4) is 0 Å². The number of anilines is 1. The summed E-state index contributed by atoms with van der Waals surface area (Å²) < 4.78 is 11.5. The number of hydrogen-bond donors (Lipinski definition) is 3. The summed E-state index contributed by atoms with van der Waals surface area (Å²) in [7, 11) is 0. The van der Waals surface area contributed by atoms with E-state index >= 15 is 0 Å². The van der Waals surface area contributed by atoms with E-state index < -0.39 is 18.2 Å². The predicted molar refractivity (Wildman–Crippen MR) is 127 cm³/mol. The average molecular weight is 440 g/mol. The highest BCUT2D eigenvalue weighted by Gasteiger charge is 2.28. The van der Waals surface area contributed by atoms with E-state index in [0.717, 1.165) is 22.6 Å². The maximum absolute atomic E-state index is 11.8. The van der Waals surface area contributed by atoms with Gasteiger partial charge in [0.25, 0.3) is 0 Å². The molecular formula is C25H33N3O4. The van der Waals surface area contributed by atoms with Crippen molar-refractivity contribution in [2.24, 2.45) is 11.7 Å². The number of rotatable bonds is 11. The first-order chi connectivity index (χ1) is 15.4. The number of aliphatic hydroxyl groups is 1. The van der Waals surface area contributed by atoms with Crippen LogP contribution in [0.2, 0.25) is 0 Å². The minimum absolute atomic E-state index is 0.0490. The molecule has 2 aromatic carbocycles. The van der Waals surface area contributed by atoms with Gasteiger partial charge in [-0.2, -0.15) is 0 Å². The van der Waals surface area contributed by atoms with Crippen LogP contribution in [0.1, 0.15) is 26.3 Å². The minimum Gasteiger partial charge on any atom is -0.457 e. The molecule has 0 spiro atoms. The van der Waals surface area contributed by atoms with Gasteiger partial charge in [-0.3, -0.25) is 4.79 Å². The molecule has 0 saturated heterocycles. The third kappa shape index (κ3) is 5.88. The highest BCUT2D eigenvalue weighted by molar-refractivity contribution is 5.80. The number of carbonyl (C=O) groups is 1. The highest BCUT2D eigenvalue weighted by atomic mass is 16.5. The van der Waals surface area contributed by atoms with Crippen molar-refractivity contribution in [3.63, 3.8) is 0 Å². The Labute approximate surface area is 189 Å². The molecule has 1 aliphatic heterocycles. The summed E-state index contributed by atoms with van der Waals surface area (Å²) in [6.45, 7) is 7.76. The lowest BCUT2D eigenvalue weighted by Gasteiger charge is -2.37. The lowest BCUT2D eigenvalue weighted by atomic mass is 9.99. The molecule has 0 aliphatic carbocycles. The number of nitrogens with two attached hydrogens (primary N) is 1. The molecule has 172 valence electrons. The van der Waals surface area contributed by atoms with Crippen LogP contribution in [0.5, 0.6) is 11.5 Å².